The third kappa shape index (κ3) is 5.04. The van der Waals surface area contributed by atoms with Crippen LogP contribution in [-0.2, 0) is 6.54 Å². The van der Waals surface area contributed by atoms with Crippen LogP contribution in [-0.4, -0.2) is 24.2 Å². The molecular weight excluding hydrogens is 466 g/mol. The standard InChI is InChI=1S/C30H25N3O2S/c1-31-27-17-24(11-13-29(27)36-28-5-3-2-4-25(28)19-34)30(35)33-18-20-6-8-21(9-7-20)22-10-12-26-23(16-22)14-15-32-26/h2-17,19,31-32H,18H2,1H3,(H,33,35). The Labute approximate surface area is 213 Å². The summed E-state index contributed by atoms with van der Waals surface area (Å²) in [6.45, 7) is 0.439. The molecule has 0 saturated heterocycles. The number of amides is 1. The molecule has 0 aliphatic carbocycles. The number of anilines is 1. The van der Waals surface area contributed by atoms with Crippen molar-refractivity contribution in [1.82, 2.24) is 10.3 Å². The predicted octanol–water partition coefficient (Wildman–Crippen LogP) is 6.77. The lowest BCUT2D eigenvalue weighted by molar-refractivity contribution is 0.0950. The van der Waals surface area contributed by atoms with E-state index < -0.39 is 0 Å². The molecule has 0 unspecified atom stereocenters. The van der Waals surface area contributed by atoms with Crippen molar-refractivity contribution < 1.29 is 9.59 Å². The number of aromatic nitrogens is 1. The highest BCUT2D eigenvalue weighted by molar-refractivity contribution is 7.99. The van der Waals surface area contributed by atoms with Crippen LogP contribution >= 0.6 is 11.8 Å². The third-order valence-electron chi connectivity index (χ3n) is 6.07. The summed E-state index contributed by atoms with van der Waals surface area (Å²) in [7, 11) is 1.82. The Hall–Kier alpha value is -4.29. The molecule has 1 heterocycles. The zero-order valence-electron chi connectivity index (χ0n) is 19.7. The second kappa shape index (κ2) is 10.5. The van der Waals surface area contributed by atoms with Gasteiger partial charge in [-0.1, -0.05) is 60.3 Å². The second-order valence-electron chi connectivity index (χ2n) is 8.38. The lowest BCUT2D eigenvalue weighted by Crippen LogP contribution is -2.22. The van der Waals surface area contributed by atoms with Crippen LogP contribution in [0.3, 0.4) is 0 Å². The molecule has 0 fully saturated rings. The van der Waals surface area contributed by atoms with Crippen LogP contribution in [0.4, 0.5) is 5.69 Å². The van der Waals surface area contributed by atoms with Crippen molar-refractivity contribution in [3.8, 4) is 11.1 Å². The van der Waals surface area contributed by atoms with Gasteiger partial charge in [-0.05, 0) is 64.5 Å². The minimum atomic E-state index is -0.140. The van der Waals surface area contributed by atoms with Crippen LogP contribution in [0.1, 0.15) is 26.3 Å². The SMILES string of the molecule is CNc1cc(C(=O)NCc2ccc(-c3ccc4[nH]ccc4c3)cc2)ccc1Sc1ccccc1C=O. The van der Waals surface area contributed by atoms with Gasteiger partial charge >= 0.3 is 0 Å². The monoisotopic (exact) mass is 491 g/mol. The van der Waals surface area contributed by atoms with Crippen molar-refractivity contribution in [3.63, 3.8) is 0 Å². The van der Waals surface area contributed by atoms with Gasteiger partial charge in [0.05, 0.1) is 0 Å². The van der Waals surface area contributed by atoms with E-state index in [1.165, 1.54) is 17.1 Å². The highest BCUT2D eigenvalue weighted by atomic mass is 32.2. The maximum absolute atomic E-state index is 12.8. The van der Waals surface area contributed by atoms with E-state index in [0.29, 0.717) is 17.7 Å². The first-order chi connectivity index (χ1) is 17.6. The molecule has 36 heavy (non-hydrogen) atoms. The molecular formula is C30H25N3O2S. The molecule has 1 amide bonds. The molecule has 0 saturated carbocycles. The number of carbonyl (C=O) groups is 2. The molecule has 5 nitrogen and oxygen atoms in total. The van der Waals surface area contributed by atoms with Gasteiger partial charge in [0.15, 0.2) is 6.29 Å². The quantitative estimate of drug-likeness (QED) is 0.209. The Morgan fingerprint density at radius 1 is 0.889 bits per heavy atom. The highest BCUT2D eigenvalue weighted by Crippen LogP contribution is 2.35. The summed E-state index contributed by atoms with van der Waals surface area (Å²) in [4.78, 5) is 29.2. The van der Waals surface area contributed by atoms with Gasteiger partial charge in [-0.15, -0.1) is 0 Å². The van der Waals surface area contributed by atoms with Crippen LogP contribution in [0.25, 0.3) is 22.0 Å². The number of hydrogen-bond donors (Lipinski definition) is 3. The number of rotatable bonds is 8. The van der Waals surface area contributed by atoms with E-state index in [-0.39, 0.29) is 5.91 Å². The van der Waals surface area contributed by atoms with Crippen molar-refractivity contribution in [3.05, 3.63) is 114 Å². The molecule has 0 spiro atoms. The minimum Gasteiger partial charge on any atom is -0.387 e. The highest BCUT2D eigenvalue weighted by Gasteiger charge is 2.12. The van der Waals surface area contributed by atoms with E-state index in [1.54, 1.807) is 6.07 Å². The number of nitrogens with one attached hydrogen (secondary N) is 3. The summed E-state index contributed by atoms with van der Waals surface area (Å²) in [5.74, 6) is -0.140. The zero-order valence-corrected chi connectivity index (χ0v) is 20.6. The molecule has 1 aromatic heterocycles. The van der Waals surface area contributed by atoms with Crippen LogP contribution in [0, 0.1) is 0 Å². The lowest BCUT2D eigenvalue weighted by atomic mass is 10.0. The van der Waals surface area contributed by atoms with Crippen molar-refractivity contribution in [2.45, 2.75) is 16.3 Å². The molecule has 4 aromatic carbocycles. The maximum atomic E-state index is 12.8. The first-order valence-corrected chi connectivity index (χ1v) is 12.4. The topological polar surface area (TPSA) is 74.0 Å². The average Bonchev–Trinajstić information content (AvgIpc) is 3.40. The normalized spacial score (nSPS) is 10.8. The summed E-state index contributed by atoms with van der Waals surface area (Å²) in [5.41, 5.74) is 6.49. The number of fused-ring (bicyclic) bond motifs is 1. The van der Waals surface area contributed by atoms with Gasteiger partial charge in [-0.2, -0.15) is 0 Å². The first-order valence-electron chi connectivity index (χ1n) is 11.6. The fraction of sp³-hybridized carbons (Fsp3) is 0.0667. The van der Waals surface area contributed by atoms with Gasteiger partial charge in [-0.25, -0.2) is 0 Å². The fourth-order valence-electron chi connectivity index (χ4n) is 4.08. The predicted molar refractivity (Wildman–Crippen MR) is 147 cm³/mol. The molecule has 0 aliphatic heterocycles. The molecule has 6 heteroatoms. The Morgan fingerprint density at radius 3 is 2.50 bits per heavy atom. The van der Waals surface area contributed by atoms with Crippen LogP contribution in [0.2, 0.25) is 0 Å². The van der Waals surface area contributed by atoms with E-state index >= 15 is 0 Å². The number of carbonyl (C=O) groups excluding carboxylic acids is 2. The van der Waals surface area contributed by atoms with Crippen LogP contribution in [0.5, 0.6) is 0 Å². The number of aromatic amines is 1. The average molecular weight is 492 g/mol. The van der Waals surface area contributed by atoms with E-state index in [9.17, 15) is 9.59 Å². The molecule has 178 valence electrons. The van der Waals surface area contributed by atoms with Gasteiger partial charge in [0.25, 0.3) is 5.91 Å². The summed E-state index contributed by atoms with van der Waals surface area (Å²) < 4.78 is 0. The zero-order chi connectivity index (χ0) is 24.9. The molecule has 0 radical (unpaired) electrons. The molecule has 5 aromatic rings. The Bertz CT molecular complexity index is 1540. The summed E-state index contributed by atoms with van der Waals surface area (Å²) >= 11 is 1.49. The number of H-pyrrole nitrogens is 1. The van der Waals surface area contributed by atoms with E-state index in [4.69, 9.17) is 0 Å². The molecule has 0 atom stereocenters. The largest absolute Gasteiger partial charge is 0.387 e. The fourth-order valence-corrected chi connectivity index (χ4v) is 5.10. The van der Waals surface area contributed by atoms with Gasteiger partial charge in [0, 0.05) is 51.9 Å². The van der Waals surface area contributed by atoms with Gasteiger partial charge in [0.2, 0.25) is 0 Å². The Morgan fingerprint density at radius 2 is 1.69 bits per heavy atom. The summed E-state index contributed by atoms with van der Waals surface area (Å²) in [6, 6.07) is 29.7. The molecule has 3 N–H and O–H groups in total. The Balaban J connectivity index is 1.25. The summed E-state index contributed by atoms with van der Waals surface area (Å²) in [6.07, 6.45) is 2.80. The van der Waals surface area contributed by atoms with Crippen LogP contribution < -0.4 is 10.6 Å². The number of aldehydes is 1. The van der Waals surface area contributed by atoms with Gasteiger partial charge < -0.3 is 15.6 Å². The Kier molecular flexibility index (Phi) is 6.87. The van der Waals surface area contributed by atoms with Gasteiger partial charge in [-0.3, -0.25) is 9.59 Å². The first kappa shape index (κ1) is 23.5. The lowest BCUT2D eigenvalue weighted by Gasteiger charge is -2.12. The molecule has 0 bridgehead atoms. The maximum Gasteiger partial charge on any atom is 0.251 e. The third-order valence-corrected chi connectivity index (χ3v) is 7.24. The van der Waals surface area contributed by atoms with Crippen molar-refractivity contribution in [2.24, 2.45) is 0 Å². The number of hydrogen-bond acceptors (Lipinski definition) is 4. The second-order valence-corrected chi connectivity index (χ2v) is 9.46. The molecule has 0 aliphatic rings. The van der Waals surface area contributed by atoms with Crippen molar-refractivity contribution >= 4 is 40.5 Å². The van der Waals surface area contributed by atoms with Gasteiger partial charge in [0.1, 0.15) is 0 Å². The van der Waals surface area contributed by atoms with E-state index in [1.807, 2.05) is 61.8 Å². The van der Waals surface area contributed by atoms with E-state index in [2.05, 4.69) is 52.0 Å². The molecule has 5 rings (SSSR count). The van der Waals surface area contributed by atoms with Crippen molar-refractivity contribution in [2.75, 3.05) is 12.4 Å². The number of benzene rings is 4. The smallest absolute Gasteiger partial charge is 0.251 e. The summed E-state index contributed by atoms with van der Waals surface area (Å²) in [5, 5.41) is 7.35. The minimum absolute atomic E-state index is 0.140. The van der Waals surface area contributed by atoms with Crippen LogP contribution in [0.15, 0.2) is 107 Å². The van der Waals surface area contributed by atoms with Crippen molar-refractivity contribution in [1.29, 1.82) is 0 Å². The van der Waals surface area contributed by atoms with E-state index in [0.717, 1.165) is 44.0 Å².